The van der Waals surface area contributed by atoms with Gasteiger partial charge in [-0.05, 0) is 37.1 Å². The zero-order valence-electron chi connectivity index (χ0n) is 18.3. The zero-order valence-corrected chi connectivity index (χ0v) is 19.1. The molecule has 1 N–H and O–H groups in total. The number of fused-ring (bicyclic) bond motifs is 1. The lowest BCUT2D eigenvalue weighted by Crippen LogP contribution is -2.33. The maximum Gasteiger partial charge on any atom is 0.266 e. The highest BCUT2D eigenvalue weighted by molar-refractivity contribution is 6.32. The van der Waals surface area contributed by atoms with Crippen molar-refractivity contribution in [1.29, 1.82) is 5.26 Å². The van der Waals surface area contributed by atoms with E-state index in [0.29, 0.717) is 39.7 Å². The summed E-state index contributed by atoms with van der Waals surface area (Å²) in [5.74, 6) is 0.625. The van der Waals surface area contributed by atoms with E-state index < -0.39 is 6.10 Å². The topological polar surface area (TPSA) is 132 Å². The summed E-state index contributed by atoms with van der Waals surface area (Å²) < 4.78 is 7.58. The summed E-state index contributed by atoms with van der Waals surface area (Å²) in [7, 11) is 0. The van der Waals surface area contributed by atoms with Gasteiger partial charge in [0.25, 0.3) is 5.91 Å². The Balaban J connectivity index is 1.60. The van der Waals surface area contributed by atoms with Crippen molar-refractivity contribution >= 4 is 34.4 Å². The Kier molecular flexibility index (Phi) is 7.25. The van der Waals surface area contributed by atoms with Crippen LogP contribution in [0.4, 0.5) is 5.82 Å². The fourth-order valence-electron chi connectivity index (χ4n) is 3.30. The predicted molar refractivity (Wildman–Crippen MR) is 126 cm³/mol. The number of anilines is 1. The Morgan fingerprint density at radius 3 is 2.82 bits per heavy atom. The molecule has 1 amide bonds. The molecule has 11 heteroatoms. The third kappa shape index (κ3) is 5.10. The molecule has 0 fully saturated rings. The number of pyridine rings is 2. The second-order valence-electron chi connectivity index (χ2n) is 7.42. The molecule has 4 aromatic heterocycles. The first-order valence-corrected chi connectivity index (χ1v) is 11.1. The largest absolute Gasteiger partial charge is 0.464 e. The lowest BCUT2D eigenvalue weighted by Gasteiger charge is -2.18. The Hall–Kier alpha value is -4.10. The van der Waals surface area contributed by atoms with Crippen LogP contribution in [0.1, 0.15) is 38.2 Å². The van der Waals surface area contributed by atoms with Gasteiger partial charge in [0.15, 0.2) is 17.6 Å². The van der Waals surface area contributed by atoms with Crippen molar-refractivity contribution in [3.63, 3.8) is 0 Å². The SMILES string of the molecule is CCCCCC(Oc1ncnc2c1cnn2-c1ncccc1Cl)C(=O)Nc1ccc(C#N)cn1. The van der Waals surface area contributed by atoms with Crippen molar-refractivity contribution in [3.8, 4) is 17.8 Å². The minimum Gasteiger partial charge on any atom is -0.464 e. The van der Waals surface area contributed by atoms with Crippen LogP contribution in [0.3, 0.4) is 0 Å². The van der Waals surface area contributed by atoms with Crippen LogP contribution in [0.15, 0.2) is 49.2 Å². The first kappa shape index (κ1) is 23.1. The number of carbonyl (C=O) groups is 1. The van der Waals surface area contributed by atoms with Crippen molar-refractivity contribution < 1.29 is 9.53 Å². The minimum atomic E-state index is -0.816. The number of nitriles is 1. The minimum absolute atomic E-state index is 0.229. The number of unbranched alkanes of at least 4 members (excludes halogenated alkanes) is 2. The molecule has 34 heavy (non-hydrogen) atoms. The van der Waals surface area contributed by atoms with E-state index in [1.165, 1.54) is 17.2 Å². The third-order valence-electron chi connectivity index (χ3n) is 5.03. The molecular formula is C23H21ClN8O2. The van der Waals surface area contributed by atoms with Crippen LogP contribution in [-0.2, 0) is 4.79 Å². The van der Waals surface area contributed by atoms with E-state index in [9.17, 15) is 4.79 Å². The Labute approximate surface area is 200 Å². The van der Waals surface area contributed by atoms with Gasteiger partial charge in [-0.2, -0.15) is 15.0 Å². The van der Waals surface area contributed by atoms with E-state index in [0.717, 1.165) is 19.3 Å². The Bertz CT molecular complexity index is 1330. The molecule has 0 aliphatic heterocycles. The molecule has 0 saturated carbocycles. The number of aromatic nitrogens is 6. The molecule has 172 valence electrons. The van der Waals surface area contributed by atoms with E-state index >= 15 is 0 Å². The molecule has 0 aliphatic carbocycles. The maximum absolute atomic E-state index is 13.0. The normalized spacial score (nSPS) is 11.7. The van der Waals surface area contributed by atoms with E-state index in [-0.39, 0.29) is 11.8 Å². The summed E-state index contributed by atoms with van der Waals surface area (Å²) in [6.07, 6.45) is 8.33. The molecule has 4 heterocycles. The summed E-state index contributed by atoms with van der Waals surface area (Å²) in [4.78, 5) is 30.0. The Morgan fingerprint density at radius 2 is 2.09 bits per heavy atom. The number of ether oxygens (including phenoxy) is 1. The van der Waals surface area contributed by atoms with Gasteiger partial charge in [-0.15, -0.1) is 0 Å². The average molecular weight is 477 g/mol. The fraction of sp³-hybridized carbons (Fsp3) is 0.261. The summed E-state index contributed by atoms with van der Waals surface area (Å²) in [5, 5.41) is 17.0. The molecule has 10 nitrogen and oxygen atoms in total. The van der Waals surface area contributed by atoms with Crippen molar-refractivity contribution in [3.05, 3.63) is 59.8 Å². The molecular weight excluding hydrogens is 456 g/mol. The van der Waals surface area contributed by atoms with Crippen LogP contribution in [0.25, 0.3) is 16.9 Å². The van der Waals surface area contributed by atoms with E-state index in [4.69, 9.17) is 21.6 Å². The quantitative estimate of drug-likeness (QED) is 0.357. The average Bonchev–Trinajstić information content (AvgIpc) is 3.29. The number of rotatable bonds is 9. The van der Waals surface area contributed by atoms with Crippen LogP contribution in [0, 0.1) is 11.3 Å². The second kappa shape index (κ2) is 10.7. The number of amides is 1. The molecule has 1 atom stereocenters. The molecule has 0 aromatic carbocycles. The van der Waals surface area contributed by atoms with Crippen LogP contribution in [-0.4, -0.2) is 41.7 Å². The standard InChI is InChI=1S/C23H21ClN8O2/c1-2-3-4-7-18(22(33)31-19-9-8-15(11-25)12-27-19)34-23-16-13-30-32(20(16)28-14-29-23)21-17(24)6-5-10-26-21/h5-6,8-10,12-14,18H,2-4,7H2,1H3,(H,27,31,33). The maximum atomic E-state index is 13.0. The van der Waals surface area contributed by atoms with Crippen molar-refractivity contribution in [2.24, 2.45) is 0 Å². The highest BCUT2D eigenvalue weighted by Crippen LogP contribution is 2.27. The molecule has 0 bridgehead atoms. The van der Waals surface area contributed by atoms with Gasteiger partial charge in [-0.3, -0.25) is 4.79 Å². The summed E-state index contributed by atoms with van der Waals surface area (Å²) in [6, 6.07) is 8.59. The van der Waals surface area contributed by atoms with Crippen LogP contribution < -0.4 is 10.1 Å². The highest BCUT2D eigenvalue weighted by Gasteiger charge is 2.24. The van der Waals surface area contributed by atoms with Gasteiger partial charge in [0.05, 0.1) is 16.8 Å². The molecule has 0 radical (unpaired) electrons. The van der Waals surface area contributed by atoms with Crippen molar-refractivity contribution in [1.82, 2.24) is 29.7 Å². The number of carbonyl (C=O) groups excluding carboxylic acids is 1. The monoisotopic (exact) mass is 476 g/mol. The van der Waals surface area contributed by atoms with Gasteiger partial charge in [0, 0.05) is 12.4 Å². The number of halogens is 1. The van der Waals surface area contributed by atoms with Crippen molar-refractivity contribution in [2.75, 3.05) is 5.32 Å². The molecule has 0 spiro atoms. The molecule has 1 unspecified atom stereocenters. The van der Waals surface area contributed by atoms with Gasteiger partial charge in [-0.1, -0.05) is 31.4 Å². The van der Waals surface area contributed by atoms with Gasteiger partial charge >= 0.3 is 0 Å². The highest BCUT2D eigenvalue weighted by atomic mass is 35.5. The predicted octanol–water partition coefficient (Wildman–Crippen LogP) is 4.10. The first-order chi connectivity index (χ1) is 16.6. The van der Waals surface area contributed by atoms with Crippen LogP contribution in [0.5, 0.6) is 5.88 Å². The van der Waals surface area contributed by atoms with E-state index in [1.54, 1.807) is 36.7 Å². The number of nitrogens with one attached hydrogen (secondary N) is 1. The van der Waals surface area contributed by atoms with Crippen LogP contribution in [0.2, 0.25) is 5.02 Å². The molecule has 4 rings (SSSR count). The van der Waals surface area contributed by atoms with E-state index in [1.807, 2.05) is 6.07 Å². The zero-order chi connectivity index (χ0) is 23.9. The van der Waals surface area contributed by atoms with Gasteiger partial charge < -0.3 is 10.1 Å². The lowest BCUT2D eigenvalue weighted by atomic mass is 10.1. The fourth-order valence-corrected chi connectivity index (χ4v) is 3.51. The summed E-state index contributed by atoms with van der Waals surface area (Å²) >= 11 is 6.27. The third-order valence-corrected chi connectivity index (χ3v) is 5.32. The number of hydrogen-bond donors (Lipinski definition) is 1. The number of hydrogen-bond acceptors (Lipinski definition) is 8. The summed E-state index contributed by atoms with van der Waals surface area (Å²) in [5.41, 5.74) is 0.856. The van der Waals surface area contributed by atoms with Gasteiger partial charge in [0.2, 0.25) is 5.88 Å². The van der Waals surface area contributed by atoms with Gasteiger partial charge in [-0.25, -0.2) is 19.9 Å². The van der Waals surface area contributed by atoms with E-state index in [2.05, 4.69) is 37.3 Å². The lowest BCUT2D eigenvalue weighted by molar-refractivity contribution is -0.123. The molecule has 0 saturated heterocycles. The molecule has 0 aliphatic rings. The smallest absolute Gasteiger partial charge is 0.266 e. The number of nitrogens with zero attached hydrogens (tertiary/aromatic N) is 7. The van der Waals surface area contributed by atoms with Crippen molar-refractivity contribution in [2.45, 2.75) is 38.7 Å². The first-order valence-electron chi connectivity index (χ1n) is 10.7. The second-order valence-corrected chi connectivity index (χ2v) is 7.82. The van der Waals surface area contributed by atoms with Crippen LogP contribution >= 0.6 is 11.6 Å². The molecule has 4 aromatic rings. The Morgan fingerprint density at radius 1 is 1.21 bits per heavy atom. The van der Waals surface area contributed by atoms with Gasteiger partial charge in [0.1, 0.15) is 23.6 Å². The summed E-state index contributed by atoms with van der Waals surface area (Å²) in [6.45, 7) is 2.09.